The van der Waals surface area contributed by atoms with E-state index in [1.165, 1.54) is 18.4 Å². The molecular weight excluding hydrogens is 304 g/mol. The summed E-state index contributed by atoms with van der Waals surface area (Å²) in [6.07, 6.45) is 4.89. The molecule has 1 fully saturated rings. The molecule has 0 heterocycles. The number of hydrogen-bond acceptors (Lipinski definition) is 4. The van der Waals surface area contributed by atoms with Crippen molar-refractivity contribution in [3.05, 3.63) is 11.1 Å². The minimum Gasteiger partial charge on any atom is -0.396 e. The zero-order valence-electron chi connectivity index (χ0n) is 15.3. The normalized spacial score (nSPS) is 40.1. The highest BCUT2D eigenvalue weighted by Gasteiger charge is 2.55. The predicted octanol–water partition coefficient (Wildman–Crippen LogP) is 2.60. The van der Waals surface area contributed by atoms with Crippen LogP contribution in [0.2, 0.25) is 0 Å². The monoisotopic (exact) mass is 336 g/mol. The highest BCUT2D eigenvalue weighted by atomic mass is 16.3. The lowest BCUT2D eigenvalue weighted by Crippen LogP contribution is -2.51. The van der Waals surface area contributed by atoms with Crippen molar-refractivity contribution in [3.8, 4) is 0 Å². The van der Waals surface area contributed by atoms with Crippen LogP contribution in [0.5, 0.6) is 0 Å². The van der Waals surface area contributed by atoms with E-state index in [0.717, 1.165) is 18.4 Å². The predicted molar refractivity (Wildman–Crippen MR) is 92.3 cm³/mol. The summed E-state index contributed by atoms with van der Waals surface area (Å²) in [4.78, 5) is 12.9. The Morgan fingerprint density at radius 3 is 2.50 bits per heavy atom. The molecule has 0 spiro atoms. The first-order chi connectivity index (χ1) is 11.2. The number of rotatable bonds is 3. The van der Waals surface area contributed by atoms with E-state index >= 15 is 0 Å². The average molecular weight is 336 g/mol. The van der Waals surface area contributed by atoms with Crippen LogP contribution in [0, 0.1) is 22.2 Å². The minimum absolute atomic E-state index is 0.0662. The molecule has 3 aliphatic carbocycles. The van der Waals surface area contributed by atoms with E-state index in [0.29, 0.717) is 25.2 Å². The van der Waals surface area contributed by atoms with Crippen LogP contribution >= 0.6 is 0 Å². The second-order valence-corrected chi connectivity index (χ2v) is 9.29. The topological polar surface area (TPSA) is 77.8 Å². The first-order valence-electron chi connectivity index (χ1n) is 9.36. The van der Waals surface area contributed by atoms with Gasteiger partial charge in [0, 0.05) is 11.8 Å². The van der Waals surface area contributed by atoms with Crippen LogP contribution in [0.1, 0.15) is 65.7 Å². The molecule has 1 saturated carbocycles. The molecule has 0 aromatic rings. The van der Waals surface area contributed by atoms with Gasteiger partial charge in [0.15, 0.2) is 5.78 Å². The second kappa shape index (κ2) is 5.93. The van der Waals surface area contributed by atoms with Gasteiger partial charge in [-0.3, -0.25) is 4.79 Å². The van der Waals surface area contributed by atoms with Crippen molar-refractivity contribution in [2.24, 2.45) is 22.2 Å². The summed E-state index contributed by atoms with van der Waals surface area (Å²) in [5.74, 6) is 0.583. The van der Waals surface area contributed by atoms with E-state index in [4.69, 9.17) is 0 Å². The van der Waals surface area contributed by atoms with Gasteiger partial charge >= 0.3 is 0 Å². The maximum Gasteiger partial charge on any atom is 0.159 e. The minimum atomic E-state index is -0.974. The summed E-state index contributed by atoms with van der Waals surface area (Å²) in [7, 11) is 0. The number of ketones is 1. The molecule has 4 heteroatoms. The number of carbonyl (C=O) groups is 1. The molecule has 4 nitrogen and oxygen atoms in total. The van der Waals surface area contributed by atoms with Gasteiger partial charge in [0.05, 0.1) is 19.3 Å². The van der Waals surface area contributed by atoms with E-state index in [1.54, 1.807) is 0 Å². The van der Waals surface area contributed by atoms with E-state index in [1.807, 2.05) is 0 Å². The summed E-state index contributed by atoms with van der Waals surface area (Å²) in [6, 6.07) is 0. The van der Waals surface area contributed by atoms with Gasteiger partial charge in [0.1, 0.15) is 0 Å². The Morgan fingerprint density at radius 1 is 1.17 bits per heavy atom. The fourth-order valence-corrected chi connectivity index (χ4v) is 5.98. The largest absolute Gasteiger partial charge is 0.396 e. The molecule has 3 N–H and O–H groups in total. The van der Waals surface area contributed by atoms with Gasteiger partial charge in [0.25, 0.3) is 0 Å². The number of aliphatic hydroxyl groups is 3. The lowest BCUT2D eigenvalue weighted by molar-refractivity contribution is -0.124. The van der Waals surface area contributed by atoms with Crippen molar-refractivity contribution in [2.45, 2.75) is 71.8 Å². The molecule has 2 unspecified atom stereocenters. The number of carbonyl (C=O) groups excluding carboxylic acids is 1. The quantitative estimate of drug-likeness (QED) is 0.740. The van der Waals surface area contributed by atoms with Crippen molar-refractivity contribution in [1.29, 1.82) is 0 Å². The lowest BCUT2D eigenvalue weighted by Gasteiger charge is -2.57. The molecular formula is C20H32O4. The number of aliphatic hydroxyl groups excluding tert-OH is 3. The van der Waals surface area contributed by atoms with E-state index in [9.17, 15) is 20.1 Å². The van der Waals surface area contributed by atoms with Crippen LogP contribution in [-0.2, 0) is 4.79 Å². The molecule has 136 valence electrons. The van der Waals surface area contributed by atoms with Gasteiger partial charge in [0.2, 0.25) is 0 Å². The van der Waals surface area contributed by atoms with Crippen molar-refractivity contribution in [2.75, 3.05) is 13.2 Å². The summed E-state index contributed by atoms with van der Waals surface area (Å²) in [5.41, 5.74) is 1.61. The SMILES string of the molecule is CC1(C)CCC[C@]2(C)C3=C(C[C@@](CO)(C(O)CO)CC3)C(=O)CC12. The molecule has 3 rings (SSSR count). The Hall–Kier alpha value is -0.710. The smallest absolute Gasteiger partial charge is 0.159 e. The second-order valence-electron chi connectivity index (χ2n) is 9.29. The molecule has 0 aromatic carbocycles. The van der Waals surface area contributed by atoms with Gasteiger partial charge in [-0.25, -0.2) is 0 Å². The van der Waals surface area contributed by atoms with E-state index in [-0.39, 0.29) is 29.8 Å². The Morgan fingerprint density at radius 2 is 1.88 bits per heavy atom. The highest BCUT2D eigenvalue weighted by molar-refractivity contribution is 5.98. The number of Topliss-reactive ketones (excluding diaryl/α,β-unsaturated/α-hetero) is 1. The van der Waals surface area contributed by atoms with Crippen LogP contribution < -0.4 is 0 Å². The first kappa shape index (κ1) is 18.1. The van der Waals surface area contributed by atoms with Crippen LogP contribution in [0.4, 0.5) is 0 Å². The highest BCUT2D eigenvalue weighted by Crippen LogP contribution is 2.62. The van der Waals surface area contributed by atoms with E-state index < -0.39 is 11.5 Å². The van der Waals surface area contributed by atoms with Crippen LogP contribution in [0.25, 0.3) is 0 Å². The molecule has 4 atom stereocenters. The van der Waals surface area contributed by atoms with Crippen molar-refractivity contribution < 1.29 is 20.1 Å². The van der Waals surface area contributed by atoms with Gasteiger partial charge in [-0.1, -0.05) is 32.8 Å². The fourth-order valence-electron chi connectivity index (χ4n) is 5.98. The third kappa shape index (κ3) is 2.49. The summed E-state index contributed by atoms with van der Waals surface area (Å²) < 4.78 is 0. The van der Waals surface area contributed by atoms with E-state index in [2.05, 4.69) is 20.8 Å². The lowest BCUT2D eigenvalue weighted by atomic mass is 9.47. The Bertz CT molecular complexity index is 564. The number of allylic oxidation sites excluding steroid dienone is 2. The molecule has 0 radical (unpaired) electrons. The number of hydrogen-bond donors (Lipinski definition) is 3. The molecule has 0 aliphatic heterocycles. The summed E-state index contributed by atoms with van der Waals surface area (Å²) >= 11 is 0. The fraction of sp³-hybridized carbons (Fsp3) is 0.850. The summed E-state index contributed by atoms with van der Waals surface area (Å²) in [5, 5.41) is 29.5. The maximum absolute atomic E-state index is 12.9. The Labute approximate surface area is 145 Å². The van der Waals surface area contributed by atoms with Gasteiger partial charge in [-0.15, -0.1) is 0 Å². The molecule has 3 aliphatic rings. The third-order valence-electron chi connectivity index (χ3n) is 7.61. The van der Waals surface area contributed by atoms with Crippen molar-refractivity contribution >= 4 is 5.78 Å². The zero-order chi connectivity index (χ0) is 17.8. The van der Waals surface area contributed by atoms with Crippen LogP contribution in [0.15, 0.2) is 11.1 Å². The maximum atomic E-state index is 12.9. The first-order valence-corrected chi connectivity index (χ1v) is 9.36. The molecule has 0 aromatic heterocycles. The summed E-state index contributed by atoms with van der Waals surface area (Å²) in [6.45, 7) is 6.36. The average Bonchev–Trinajstić information content (AvgIpc) is 2.55. The van der Waals surface area contributed by atoms with Gasteiger partial charge in [-0.05, 0) is 54.4 Å². The molecule has 0 amide bonds. The van der Waals surface area contributed by atoms with Crippen molar-refractivity contribution in [3.63, 3.8) is 0 Å². The zero-order valence-corrected chi connectivity index (χ0v) is 15.3. The third-order valence-corrected chi connectivity index (χ3v) is 7.61. The Kier molecular flexibility index (Phi) is 4.47. The molecule has 0 bridgehead atoms. The van der Waals surface area contributed by atoms with Crippen molar-refractivity contribution in [1.82, 2.24) is 0 Å². The van der Waals surface area contributed by atoms with Crippen LogP contribution in [-0.4, -0.2) is 40.4 Å². The van der Waals surface area contributed by atoms with Crippen LogP contribution in [0.3, 0.4) is 0 Å². The molecule has 24 heavy (non-hydrogen) atoms. The van der Waals surface area contributed by atoms with Gasteiger partial charge < -0.3 is 15.3 Å². The molecule has 0 saturated heterocycles. The van der Waals surface area contributed by atoms with Gasteiger partial charge in [-0.2, -0.15) is 0 Å². The standard InChI is InChI=1S/C20H32O4/c1-18(2)6-4-7-19(3)14-5-8-20(12-22,17(24)11-21)10-13(14)15(23)9-16(18)19/h16-17,21-22,24H,4-12H2,1-3H3/t16?,17?,19-,20+/m1/s1. The number of fused-ring (bicyclic) bond motifs is 2. The Balaban J connectivity index is 2.03.